The topological polar surface area (TPSA) is 53.0 Å². The Morgan fingerprint density at radius 3 is 1.88 bits per heavy atom. The Hall–Kier alpha value is -2.90. The molecule has 0 bridgehead atoms. The standard InChI is InChI=1S/C40H54O3/c1-29(17-13-19-31(3)21-22-36-33(5)25-34(41)26-37(36,6)7)15-11-12-16-30(2)18-14-20-32(4)23-24-40-38(8,9)27-35(42)28-39(40,10)43-40/h11-20,23-24,34-35,41-42H,25-28H2,1-10H3. The Kier molecular flexibility index (Phi) is 11.1. The molecule has 1 saturated heterocycles. The van der Waals surface area contributed by atoms with Crippen LogP contribution in [0.25, 0.3) is 0 Å². The minimum Gasteiger partial charge on any atom is -0.393 e. The number of ether oxygens (including phenoxy) is 1. The molecule has 0 aromatic carbocycles. The maximum Gasteiger partial charge on any atom is 0.121 e. The van der Waals surface area contributed by atoms with Gasteiger partial charge in [-0.25, -0.2) is 0 Å². The number of allylic oxidation sites excluding steroid dienone is 16. The first-order valence-electron chi connectivity index (χ1n) is 15.7. The van der Waals surface area contributed by atoms with Crippen molar-refractivity contribution < 1.29 is 14.9 Å². The van der Waals surface area contributed by atoms with E-state index in [1.54, 1.807) is 0 Å². The largest absolute Gasteiger partial charge is 0.393 e. The third-order valence-electron chi connectivity index (χ3n) is 9.12. The minimum absolute atomic E-state index is 0.0842. The molecule has 3 aliphatic rings. The Labute approximate surface area is 261 Å². The molecule has 0 spiro atoms. The van der Waals surface area contributed by atoms with E-state index in [9.17, 15) is 10.2 Å². The number of aliphatic hydroxyl groups excluding tert-OH is 2. The van der Waals surface area contributed by atoms with Crippen LogP contribution in [0.2, 0.25) is 0 Å². The first kappa shape index (κ1) is 34.6. The van der Waals surface area contributed by atoms with Crippen LogP contribution in [0.15, 0.2) is 106 Å². The second-order valence-electron chi connectivity index (χ2n) is 14.4. The number of hydrogen-bond acceptors (Lipinski definition) is 3. The summed E-state index contributed by atoms with van der Waals surface area (Å²) >= 11 is 0. The summed E-state index contributed by atoms with van der Waals surface area (Å²) in [6.07, 6.45) is 27.5. The Morgan fingerprint density at radius 2 is 1.30 bits per heavy atom. The van der Waals surface area contributed by atoms with Gasteiger partial charge in [0, 0.05) is 22.8 Å². The van der Waals surface area contributed by atoms with Crippen LogP contribution in [0, 0.1) is 22.7 Å². The summed E-state index contributed by atoms with van der Waals surface area (Å²) in [6.45, 7) is 21.2. The van der Waals surface area contributed by atoms with Crippen molar-refractivity contribution >= 4 is 0 Å². The van der Waals surface area contributed by atoms with Crippen molar-refractivity contribution in [1.82, 2.24) is 0 Å². The van der Waals surface area contributed by atoms with Crippen molar-refractivity contribution in [2.45, 2.75) is 118 Å². The monoisotopic (exact) mass is 582 g/mol. The Balaban J connectivity index is 1.51. The van der Waals surface area contributed by atoms with Crippen LogP contribution < -0.4 is 0 Å². The van der Waals surface area contributed by atoms with Crippen LogP contribution in [0.1, 0.15) is 94.9 Å². The van der Waals surface area contributed by atoms with Crippen molar-refractivity contribution in [3.63, 3.8) is 0 Å². The van der Waals surface area contributed by atoms with Gasteiger partial charge in [0.05, 0.1) is 12.2 Å². The van der Waals surface area contributed by atoms with Gasteiger partial charge in [-0.3, -0.25) is 0 Å². The van der Waals surface area contributed by atoms with Crippen LogP contribution in [0.4, 0.5) is 0 Å². The van der Waals surface area contributed by atoms with Gasteiger partial charge < -0.3 is 14.9 Å². The summed E-state index contributed by atoms with van der Waals surface area (Å²) in [5.74, 6) is 6.68. The van der Waals surface area contributed by atoms with Gasteiger partial charge in [0.25, 0.3) is 0 Å². The van der Waals surface area contributed by atoms with Crippen LogP contribution in [-0.4, -0.2) is 33.6 Å². The lowest BCUT2D eigenvalue weighted by atomic mass is 9.63. The molecular weight excluding hydrogens is 528 g/mol. The van der Waals surface area contributed by atoms with Gasteiger partial charge >= 0.3 is 0 Å². The lowest BCUT2D eigenvalue weighted by Crippen LogP contribution is -2.46. The molecule has 0 aromatic heterocycles. The highest BCUT2D eigenvalue weighted by Crippen LogP contribution is 2.66. The lowest BCUT2D eigenvalue weighted by Gasteiger charge is -2.39. The highest BCUT2D eigenvalue weighted by atomic mass is 16.6. The molecule has 1 heterocycles. The van der Waals surface area contributed by atoms with Crippen molar-refractivity contribution in [2.24, 2.45) is 10.8 Å². The van der Waals surface area contributed by atoms with E-state index < -0.39 is 0 Å². The molecule has 3 rings (SSSR count). The van der Waals surface area contributed by atoms with Gasteiger partial charge in [-0.05, 0) is 72.5 Å². The average molecular weight is 583 g/mol. The molecule has 4 atom stereocenters. The van der Waals surface area contributed by atoms with Gasteiger partial charge in [0.15, 0.2) is 0 Å². The SMILES string of the molecule is CC(C#CC1=C(C)CC(O)CC1(C)C)=CC=CC(C)=CC=CC=C(C)C=CC=C(C)C=CC12OC1(C)CC(O)CC2(C)C. The van der Waals surface area contributed by atoms with Crippen molar-refractivity contribution in [3.8, 4) is 11.8 Å². The molecule has 3 heteroatoms. The van der Waals surface area contributed by atoms with E-state index in [-0.39, 0.29) is 34.2 Å². The van der Waals surface area contributed by atoms with E-state index in [4.69, 9.17) is 4.74 Å². The minimum atomic E-state index is -0.294. The summed E-state index contributed by atoms with van der Waals surface area (Å²) in [5, 5.41) is 20.3. The molecule has 2 aliphatic carbocycles. The molecule has 1 aliphatic heterocycles. The van der Waals surface area contributed by atoms with E-state index in [1.165, 1.54) is 22.3 Å². The van der Waals surface area contributed by atoms with Crippen LogP contribution in [-0.2, 0) is 4.74 Å². The first-order valence-corrected chi connectivity index (χ1v) is 15.7. The predicted molar refractivity (Wildman–Crippen MR) is 182 cm³/mol. The first-order chi connectivity index (χ1) is 20.0. The molecule has 4 unspecified atom stereocenters. The summed E-state index contributed by atoms with van der Waals surface area (Å²) < 4.78 is 6.24. The molecular formula is C40H54O3. The zero-order valence-corrected chi connectivity index (χ0v) is 28.2. The molecule has 0 aromatic rings. The summed E-state index contributed by atoms with van der Waals surface area (Å²) in [7, 11) is 0. The number of rotatable bonds is 8. The number of epoxide rings is 1. The fourth-order valence-corrected chi connectivity index (χ4v) is 6.88. The third-order valence-corrected chi connectivity index (χ3v) is 9.12. The predicted octanol–water partition coefficient (Wildman–Crippen LogP) is 9.21. The van der Waals surface area contributed by atoms with Gasteiger partial charge in [-0.2, -0.15) is 0 Å². The van der Waals surface area contributed by atoms with E-state index in [0.29, 0.717) is 6.42 Å². The fraction of sp³-hybridized carbons (Fsp3) is 0.500. The molecule has 1 saturated carbocycles. The summed E-state index contributed by atoms with van der Waals surface area (Å²) in [6, 6.07) is 0. The zero-order chi connectivity index (χ0) is 32.1. The van der Waals surface area contributed by atoms with Gasteiger partial charge in [0.2, 0.25) is 0 Å². The molecule has 232 valence electrons. The van der Waals surface area contributed by atoms with Crippen LogP contribution >= 0.6 is 0 Å². The van der Waals surface area contributed by atoms with Crippen LogP contribution in [0.3, 0.4) is 0 Å². The van der Waals surface area contributed by atoms with E-state index in [1.807, 2.05) is 19.1 Å². The maximum atomic E-state index is 10.2. The summed E-state index contributed by atoms with van der Waals surface area (Å²) in [4.78, 5) is 0. The molecule has 2 fully saturated rings. The Bertz CT molecular complexity index is 1390. The quantitative estimate of drug-likeness (QED) is 0.170. The van der Waals surface area contributed by atoms with Gasteiger partial charge in [-0.1, -0.05) is 129 Å². The number of hydrogen-bond donors (Lipinski definition) is 2. The smallest absolute Gasteiger partial charge is 0.121 e. The highest BCUT2D eigenvalue weighted by Gasteiger charge is 2.74. The number of aliphatic hydroxyl groups is 2. The molecule has 0 radical (unpaired) electrons. The lowest BCUT2D eigenvalue weighted by molar-refractivity contribution is 0.0515. The van der Waals surface area contributed by atoms with Gasteiger partial charge in [0.1, 0.15) is 11.2 Å². The van der Waals surface area contributed by atoms with E-state index in [0.717, 1.165) is 30.4 Å². The van der Waals surface area contributed by atoms with Gasteiger partial charge in [-0.15, -0.1) is 0 Å². The fourth-order valence-electron chi connectivity index (χ4n) is 6.88. The molecule has 2 N–H and O–H groups in total. The summed E-state index contributed by atoms with van der Waals surface area (Å²) in [5.41, 5.74) is 6.13. The number of fused-ring (bicyclic) bond motifs is 1. The van der Waals surface area contributed by atoms with Crippen LogP contribution in [0.5, 0.6) is 0 Å². The maximum absolute atomic E-state index is 10.2. The highest BCUT2D eigenvalue weighted by molar-refractivity contribution is 5.45. The third kappa shape index (κ3) is 8.82. The Morgan fingerprint density at radius 1 is 0.744 bits per heavy atom. The van der Waals surface area contributed by atoms with Crippen molar-refractivity contribution in [3.05, 3.63) is 106 Å². The molecule has 3 nitrogen and oxygen atoms in total. The van der Waals surface area contributed by atoms with Crippen molar-refractivity contribution in [1.29, 1.82) is 0 Å². The van der Waals surface area contributed by atoms with E-state index >= 15 is 0 Å². The average Bonchev–Trinajstić information content (AvgIpc) is 3.49. The zero-order valence-electron chi connectivity index (χ0n) is 28.2. The van der Waals surface area contributed by atoms with Crippen molar-refractivity contribution in [2.75, 3.05) is 0 Å². The second-order valence-corrected chi connectivity index (χ2v) is 14.4. The van der Waals surface area contributed by atoms with E-state index in [2.05, 4.69) is 135 Å². The normalized spacial score (nSPS) is 31.7. The molecule has 0 amide bonds. The second kappa shape index (κ2) is 13.8. The molecule has 43 heavy (non-hydrogen) atoms.